The second kappa shape index (κ2) is 12.8. The van der Waals surface area contributed by atoms with Gasteiger partial charge in [0.1, 0.15) is 22.7 Å². The smallest absolute Gasteiger partial charge is 0.297 e. The molecule has 0 bridgehead atoms. The lowest BCUT2D eigenvalue weighted by molar-refractivity contribution is 0.0612. The number of furan rings is 1. The Morgan fingerprint density at radius 3 is 2.61 bits per heavy atom. The van der Waals surface area contributed by atoms with Crippen molar-refractivity contribution >= 4 is 45.2 Å². The predicted molar refractivity (Wildman–Crippen MR) is 169 cm³/mol. The van der Waals surface area contributed by atoms with Gasteiger partial charge in [-0.05, 0) is 55.3 Å². The molecule has 0 aliphatic heterocycles. The lowest BCUT2D eigenvalue weighted by Gasteiger charge is -2.35. The number of rotatable bonds is 10. The molecule has 1 unspecified atom stereocenters. The van der Waals surface area contributed by atoms with E-state index < -0.39 is 17.4 Å². The number of terminal acetylenes is 1. The molecule has 3 N–H and O–H groups in total. The summed E-state index contributed by atoms with van der Waals surface area (Å²) in [5, 5.41) is 2.99. The van der Waals surface area contributed by atoms with E-state index in [1.807, 2.05) is 32.9 Å². The molecule has 0 aliphatic carbocycles. The number of thiophene rings is 1. The number of carbonyl (C=O) groups is 2. The number of nitrogens with zero attached hydrogens (tertiary/aromatic N) is 3. The number of amides is 2. The Kier molecular flexibility index (Phi) is 8.94. The Hall–Kier alpha value is -4.79. The van der Waals surface area contributed by atoms with Gasteiger partial charge in [-0.2, -0.15) is 0 Å². The molecule has 0 fully saturated rings. The molecule has 5 rings (SSSR count). The van der Waals surface area contributed by atoms with Gasteiger partial charge in [-0.3, -0.25) is 19.0 Å². The first kappa shape index (κ1) is 30.7. The fourth-order valence-corrected chi connectivity index (χ4v) is 6.13. The van der Waals surface area contributed by atoms with Gasteiger partial charge in [0.15, 0.2) is 0 Å². The SMILES string of the molecule is C#CCNC(=O)c1ccc(Cn2c(C(C(C)C)N(CCN)C(=O)c3ccc(C)cc3)nc3c(oc4ccc(F)cc43)c2=O)s1. The van der Waals surface area contributed by atoms with Crippen molar-refractivity contribution in [2.75, 3.05) is 19.6 Å². The fourth-order valence-electron chi connectivity index (χ4n) is 5.22. The number of carbonyl (C=O) groups excluding carboxylic acids is 2. The number of fused-ring (bicyclic) bond motifs is 3. The lowest BCUT2D eigenvalue weighted by Crippen LogP contribution is -2.43. The van der Waals surface area contributed by atoms with Crippen molar-refractivity contribution in [3.8, 4) is 12.3 Å². The van der Waals surface area contributed by atoms with Crippen molar-refractivity contribution in [1.82, 2.24) is 19.8 Å². The largest absolute Gasteiger partial charge is 0.448 e. The standard InChI is InChI=1S/C33H32FN5O4S/c1-5-15-36-31(40)26-13-11-23(44-26)18-39-30(37-27-24-17-22(34)10-12-25(24)43-29(27)33(39)42)28(19(2)3)38(16-14-35)32(41)21-8-6-20(4)7-9-21/h1,6-13,17,19,28H,14-16,18,35H2,2-4H3,(H,36,40). The third-order valence-electron chi connectivity index (χ3n) is 7.28. The van der Waals surface area contributed by atoms with Gasteiger partial charge in [-0.25, -0.2) is 9.37 Å². The van der Waals surface area contributed by atoms with Gasteiger partial charge in [-0.15, -0.1) is 17.8 Å². The van der Waals surface area contributed by atoms with Crippen LogP contribution >= 0.6 is 11.3 Å². The Morgan fingerprint density at radius 1 is 1.18 bits per heavy atom. The zero-order chi connectivity index (χ0) is 31.5. The number of nitrogens with one attached hydrogen (secondary N) is 1. The summed E-state index contributed by atoms with van der Waals surface area (Å²) in [5.41, 5.74) is 7.50. The van der Waals surface area contributed by atoms with Crippen molar-refractivity contribution in [2.24, 2.45) is 11.7 Å². The van der Waals surface area contributed by atoms with E-state index in [1.54, 1.807) is 29.2 Å². The number of nitrogens with two attached hydrogens (primary N) is 1. The van der Waals surface area contributed by atoms with Crippen molar-refractivity contribution in [3.05, 3.63) is 97.5 Å². The summed E-state index contributed by atoms with van der Waals surface area (Å²) >= 11 is 1.21. The molecule has 2 aromatic carbocycles. The third kappa shape index (κ3) is 6.00. The van der Waals surface area contributed by atoms with Gasteiger partial charge < -0.3 is 20.4 Å². The molecule has 1 atom stereocenters. The number of halogens is 1. The second-order valence-corrected chi connectivity index (χ2v) is 11.9. The van der Waals surface area contributed by atoms with Gasteiger partial charge >= 0.3 is 0 Å². The predicted octanol–water partition coefficient (Wildman–Crippen LogP) is 4.86. The highest BCUT2D eigenvalue weighted by Crippen LogP contribution is 2.33. The topological polar surface area (TPSA) is 123 Å². The quantitative estimate of drug-likeness (QED) is 0.217. The minimum absolute atomic E-state index is 0.0318. The van der Waals surface area contributed by atoms with E-state index in [1.165, 1.54) is 34.1 Å². The van der Waals surface area contributed by atoms with Gasteiger partial charge in [0.2, 0.25) is 5.58 Å². The average molecular weight is 614 g/mol. The van der Waals surface area contributed by atoms with Gasteiger partial charge in [-0.1, -0.05) is 37.5 Å². The maximum Gasteiger partial charge on any atom is 0.297 e. The highest BCUT2D eigenvalue weighted by atomic mass is 32.1. The summed E-state index contributed by atoms with van der Waals surface area (Å²) in [6.07, 6.45) is 5.27. The van der Waals surface area contributed by atoms with Crippen LogP contribution in [0.25, 0.3) is 22.1 Å². The molecule has 0 saturated heterocycles. The van der Waals surface area contributed by atoms with Crippen LogP contribution in [-0.4, -0.2) is 45.9 Å². The molecular weight excluding hydrogens is 581 g/mol. The minimum Gasteiger partial charge on any atom is -0.448 e. The summed E-state index contributed by atoms with van der Waals surface area (Å²) in [7, 11) is 0. The van der Waals surface area contributed by atoms with Crippen LogP contribution in [0.3, 0.4) is 0 Å². The van der Waals surface area contributed by atoms with Gasteiger partial charge in [0.25, 0.3) is 17.4 Å². The summed E-state index contributed by atoms with van der Waals surface area (Å²) in [4.78, 5) is 48.4. The van der Waals surface area contributed by atoms with Crippen LogP contribution in [0.2, 0.25) is 0 Å². The van der Waals surface area contributed by atoms with Crippen molar-refractivity contribution in [2.45, 2.75) is 33.4 Å². The highest BCUT2D eigenvalue weighted by Gasteiger charge is 2.33. The first-order chi connectivity index (χ1) is 21.1. The normalized spacial score (nSPS) is 12.0. The van der Waals surface area contributed by atoms with Crippen LogP contribution in [0.4, 0.5) is 4.39 Å². The van der Waals surface area contributed by atoms with Crippen LogP contribution in [0, 0.1) is 31.0 Å². The molecular formula is C33H32FN5O4S. The van der Waals surface area contributed by atoms with E-state index in [-0.39, 0.29) is 55.0 Å². The maximum absolute atomic E-state index is 14.3. The van der Waals surface area contributed by atoms with Gasteiger partial charge in [0.05, 0.1) is 24.0 Å². The van der Waals surface area contributed by atoms with Crippen LogP contribution in [0.15, 0.2) is 63.8 Å². The number of aryl methyl sites for hydroxylation is 1. The van der Waals surface area contributed by atoms with Crippen molar-refractivity contribution in [3.63, 3.8) is 0 Å². The molecule has 5 aromatic rings. The monoisotopic (exact) mass is 613 g/mol. The molecule has 9 nitrogen and oxygen atoms in total. The zero-order valence-corrected chi connectivity index (χ0v) is 25.4. The van der Waals surface area contributed by atoms with E-state index in [9.17, 15) is 18.8 Å². The zero-order valence-electron chi connectivity index (χ0n) is 24.6. The van der Waals surface area contributed by atoms with Gasteiger partial charge in [0, 0.05) is 28.9 Å². The van der Waals surface area contributed by atoms with Crippen LogP contribution in [0.5, 0.6) is 0 Å². The fraction of sp³-hybridized carbons (Fsp3) is 0.273. The first-order valence-corrected chi connectivity index (χ1v) is 14.9. The molecule has 3 heterocycles. The van der Waals surface area contributed by atoms with E-state index >= 15 is 0 Å². The molecule has 0 radical (unpaired) electrons. The van der Waals surface area contributed by atoms with E-state index in [0.29, 0.717) is 32.1 Å². The summed E-state index contributed by atoms with van der Waals surface area (Å²) in [5.74, 6) is 1.37. The van der Waals surface area contributed by atoms with Crippen molar-refractivity contribution < 1.29 is 18.4 Å². The number of hydrogen-bond acceptors (Lipinski definition) is 7. The molecule has 2 amide bonds. The van der Waals surface area contributed by atoms with Crippen LogP contribution in [0.1, 0.15) is 56.2 Å². The Bertz CT molecular complexity index is 1950. The summed E-state index contributed by atoms with van der Waals surface area (Å²) < 4.78 is 21.7. The molecule has 226 valence electrons. The number of benzene rings is 2. The third-order valence-corrected chi connectivity index (χ3v) is 8.35. The second-order valence-electron chi connectivity index (χ2n) is 10.8. The van der Waals surface area contributed by atoms with E-state index in [0.717, 1.165) is 5.56 Å². The Labute approximate surface area is 257 Å². The maximum atomic E-state index is 14.3. The number of aromatic nitrogens is 2. The highest BCUT2D eigenvalue weighted by molar-refractivity contribution is 7.14. The Morgan fingerprint density at radius 2 is 1.93 bits per heavy atom. The molecule has 0 spiro atoms. The van der Waals surface area contributed by atoms with Crippen LogP contribution < -0.4 is 16.6 Å². The molecule has 0 saturated carbocycles. The minimum atomic E-state index is -0.693. The summed E-state index contributed by atoms with van der Waals surface area (Å²) in [6, 6.07) is 13.9. The van der Waals surface area contributed by atoms with Crippen molar-refractivity contribution in [1.29, 1.82) is 0 Å². The molecule has 3 aromatic heterocycles. The van der Waals surface area contributed by atoms with E-state index in [2.05, 4.69) is 11.2 Å². The molecule has 0 aliphatic rings. The number of hydrogen-bond donors (Lipinski definition) is 2. The first-order valence-electron chi connectivity index (χ1n) is 14.1. The lowest BCUT2D eigenvalue weighted by atomic mass is 9.99. The summed E-state index contributed by atoms with van der Waals surface area (Å²) in [6.45, 7) is 6.32. The molecule has 11 heteroatoms. The van der Waals surface area contributed by atoms with Crippen LogP contribution in [-0.2, 0) is 6.54 Å². The molecule has 44 heavy (non-hydrogen) atoms. The van der Waals surface area contributed by atoms with E-state index in [4.69, 9.17) is 21.6 Å². The average Bonchev–Trinajstić information content (AvgIpc) is 3.62. The Balaban J connectivity index is 1.71.